The fourth-order valence-corrected chi connectivity index (χ4v) is 2.66. The Bertz CT molecular complexity index is 918. The highest BCUT2D eigenvalue weighted by Gasteiger charge is 2.39. The summed E-state index contributed by atoms with van der Waals surface area (Å²) < 4.78 is 13.0. The largest absolute Gasteiger partial charge is 0.502 e. The first-order valence-electron chi connectivity index (χ1n) is 7.78. The molecular weight excluding hydrogens is 339 g/mol. The Kier molecular flexibility index (Phi) is 4.53. The van der Waals surface area contributed by atoms with Crippen LogP contribution in [0.1, 0.15) is 18.1 Å². The van der Waals surface area contributed by atoms with E-state index in [-0.39, 0.29) is 18.0 Å². The Morgan fingerprint density at radius 3 is 2.23 bits per heavy atom. The summed E-state index contributed by atoms with van der Waals surface area (Å²) in [6.07, 6.45) is 0. The first kappa shape index (κ1) is 17.3. The monoisotopic (exact) mass is 354 g/mol. The number of nitrogens with zero attached hydrogens (tertiary/aromatic N) is 1. The van der Waals surface area contributed by atoms with Crippen molar-refractivity contribution in [3.63, 3.8) is 0 Å². The molecule has 0 unspecified atom stereocenters. The lowest BCUT2D eigenvalue weighted by Crippen LogP contribution is -2.31. The Morgan fingerprint density at radius 2 is 1.65 bits per heavy atom. The minimum atomic E-state index is -0.805. The summed E-state index contributed by atoms with van der Waals surface area (Å²) >= 11 is 0. The minimum Gasteiger partial charge on any atom is -0.502 e. The lowest BCUT2D eigenvalue weighted by atomic mass is 10.1. The Hall–Kier alpha value is -3.48. The van der Waals surface area contributed by atoms with Crippen molar-refractivity contribution in [3.05, 3.63) is 71.2 Å². The highest BCUT2D eigenvalue weighted by molar-refractivity contribution is 6.34. The number of hydrogen-bond acceptors (Lipinski definition) is 4. The number of carbonyl (C=O) groups is 3. The summed E-state index contributed by atoms with van der Waals surface area (Å²) in [7, 11) is 0. The van der Waals surface area contributed by atoms with Crippen molar-refractivity contribution in [2.24, 2.45) is 0 Å². The lowest BCUT2D eigenvalue weighted by molar-refractivity contribution is -0.138. The number of carbonyl (C=O) groups excluding carboxylic acids is 3. The molecule has 1 aliphatic heterocycles. The van der Waals surface area contributed by atoms with E-state index < -0.39 is 23.4 Å². The van der Waals surface area contributed by atoms with E-state index in [1.54, 1.807) is 12.1 Å². The van der Waals surface area contributed by atoms with Gasteiger partial charge >= 0.3 is 0 Å². The first-order valence-corrected chi connectivity index (χ1v) is 7.78. The van der Waals surface area contributed by atoms with Crippen LogP contribution in [0, 0.1) is 5.82 Å². The SMILES string of the molecule is CC(=O)Nc1ccc(C2=C(O)C(=O)N(Cc3ccc(F)cc3)C2=O)cc1. The molecule has 2 aromatic carbocycles. The van der Waals surface area contributed by atoms with Gasteiger partial charge in [-0.05, 0) is 35.4 Å². The van der Waals surface area contributed by atoms with E-state index in [1.807, 2.05) is 0 Å². The van der Waals surface area contributed by atoms with Gasteiger partial charge in [0.25, 0.3) is 11.8 Å². The van der Waals surface area contributed by atoms with Crippen molar-refractivity contribution >= 4 is 29.0 Å². The van der Waals surface area contributed by atoms with Gasteiger partial charge in [0.15, 0.2) is 5.76 Å². The van der Waals surface area contributed by atoms with Crippen molar-refractivity contribution in [3.8, 4) is 0 Å². The predicted octanol–water partition coefficient (Wildman–Crippen LogP) is 2.62. The van der Waals surface area contributed by atoms with Gasteiger partial charge in [-0.25, -0.2) is 4.39 Å². The Labute approximate surface area is 148 Å². The number of rotatable bonds is 4. The standard InChI is InChI=1S/C19H15FN2O4/c1-11(23)21-15-8-4-13(5-9-15)16-17(24)19(26)22(18(16)25)10-12-2-6-14(20)7-3-12/h2-9,24H,10H2,1H3,(H,21,23). The van der Waals surface area contributed by atoms with Gasteiger partial charge in [0.1, 0.15) is 5.82 Å². The number of halogens is 1. The van der Waals surface area contributed by atoms with E-state index in [0.717, 1.165) is 4.90 Å². The maximum Gasteiger partial charge on any atom is 0.296 e. The van der Waals surface area contributed by atoms with Gasteiger partial charge in [0.2, 0.25) is 5.91 Å². The zero-order valence-electron chi connectivity index (χ0n) is 13.8. The minimum absolute atomic E-state index is 0.0739. The maximum absolute atomic E-state index is 13.0. The molecule has 0 spiro atoms. The van der Waals surface area contributed by atoms with Crippen LogP contribution in [-0.4, -0.2) is 27.7 Å². The van der Waals surface area contributed by atoms with Crippen LogP contribution in [0.15, 0.2) is 54.3 Å². The molecule has 0 saturated carbocycles. The van der Waals surface area contributed by atoms with Crippen molar-refractivity contribution in [2.45, 2.75) is 13.5 Å². The normalized spacial score (nSPS) is 14.2. The zero-order chi connectivity index (χ0) is 18.8. The molecule has 1 heterocycles. The number of amides is 3. The van der Waals surface area contributed by atoms with Crippen LogP contribution in [0.5, 0.6) is 0 Å². The van der Waals surface area contributed by atoms with Crippen molar-refractivity contribution in [1.29, 1.82) is 0 Å². The number of imide groups is 1. The molecule has 0 radical (unpaired) electrons. The molecule has 0 atom stereocenters. The first-order chi connectivity index (χ1) is 12.4. The van der Waals surface area contributed by atoms with Crippen LogP contribution in [0.4, 0.5) is 10.1 Å². The molecule has 1 aliphatic rings. The second kappa shape index (κ2) is 6.79. The predicted molar refractivity (Wildman–Crippen MR) is 92.3 cm³/mol. The van der Waals surface area contributed by atoms with Crippen LogP contribution in [0.25, 0.3) is 5.57 Å². The molecule has 2 N–H and O–H groups in total. The molecule has 0 saturated heterocycles. The molecule has 0 aromatic heterocycles. The van der Waals surface area contributed by atoms with Crippen LogP contribution >= 0.6 is 0 Å². The van der Waals surface area contributed by atoms with E-state index in [2.05, 4.69) is 5.32 Å². The third-order valence-corrected chi connectivity index (χ3v) is 3.89. The van der Waals surface area contributed by atoms with Crippen molar-refractivity contribution in [1.82, 2.24) is 4.90 Å². The summed E-state index contributed by atoms with van der Waals surface area (Å²) in [6, 6.07) is 11.6. The van der Waals surface area contributed by atoms with Crippen LogP contribution in [0.3, 0.4) is 0 Å². The highest BCUT2D eigenvalue weighted by Crippen LogP contribution is 2.29. The van der Waals surface area contributed by atoms with Gasteiger partial charge in [-0.2, -0.15) is 0 Å². The fraction of sp³-hybridized carbons (Fsp3) is 0.105. The third kappa shape index (κ3) is 3.32. The van der Waals surface area contributed by atoms with Gasteiger partial charge in [-0.15, -0.1) is 0 Å². The second-order valence-electron chi connectivity index (χ2n) is 5.81. The molecule has 2 aromatic rings. The topological polar surface area (TPSA) is 86.7 Å². The van der Waals surface area contributed by atoms with E-state index >= 15 is 0 Å². The zero-order valence-corrected chi connectivity index (χ0v) is 13.8. The molecule has 0 fully saturated rings. The van der Waals surface area contributed by atoms with Crippen LogP contribution < -0.4 is 5.32 Å². The smallest absolute Gasteiger partial charge is 0.296 e. The molecule has 0 bridgehead atoms. The van der Waals surface area contributed by atoms with Gasteiger partial charge in [0, 0.05) is 12.6 Å². The average molecular weight is 354 g/mol. The van der Waals surface area contributed by atoms with Gasteiger partial charge in [-0.3, -0.25) is 19.3 Å². The highest BCUT2D eigenvalue weighted by atomic mass is 19.1. The number of aliphatic hydroxyl groups excluding tert-OH is 1. The number of aliphatic hydroxyl groups is 1. The molecule has 7 heteroatoms. The molecule has 6 nitrogen and oxygen atoms in total. The quantitative estimate of drug-likeness (QED) is 0.827. The molecule has 0 aliphatic carbocycles. The number of nitrogens with one attached hydrogen (secondary N) is 1. The molecule has 132 valence electrons. The average Bonchev–Trinajstić information content (AvgIpc) is 2.81. The summed E-state index contributed by atoms with van der Waals surface area (Å²) in [5.74, 6) is -2.74. The summed E-state index contributed by atoms with van der Waals surface area (Å²) in [4.78, 5) is 36.8. The van der Waals surface area contributed by atoms with E-state index in [0.29, 0.717) is 16.8 Å². The number of anilines is 1. The number of benzene rings is 2. The summed E-state index contributed by atoms with van der Waals surface area (Å²) in [5, 5.41) is 12.7. The number of hydrogen-bond donors (Lipinski definition) is 2. The summed E-state index contributed by atoms with van der Waals surface area (Å²) in [6.45, 7) is 1.30. The molecule has 3 rings (SSSR count). The van der Waals surface area contributed by atoms with Crippen LogP contribution in [-0.2, 0) is 20.9 Å². The summed E-state index contributed by atoms with van der Waals surface area (Å²) in [5.41, 5.74) is 1.34. The molecule has 3 amide bonds. The lowest BCUT2D eigenvalue weighted by Gasteiger charge is -2.14. The maximum atomic E-state index is 13.0. The third-order valence-electron chi connectivity index (χ3n) is 3.89. The van der Waals surface area contributed by atoms with E-state index in [4.69, 9.17) is 0 Å². The molecular formula is C19H15FN2O4. The van der Waals surface area contributed by atoms with Gasteiger partial charge < -0.3 is 10.4 Å². The fourth-order valence-electron chi connectivity index (χ4n) is 2.66. The van der Waals surface area contributed by atoms with Gasteiger partial charge in [0.05, 0.1) is 12.1 Å². The Morgan fingerprint density at radius 1 is 1.04 bits per heavy atom. The second-order valence-corrected chi connectivity index (χ2v) is 5.81. The van der Waals surface area contributed by atoms with Crippen molar-refractivity contribution < 1.29 is 23.9 Å². The van der Waals surface area contributed by atoms with Crippen LogP contribution in [0.2, 0.25) is 0 Å². The van der Waals surface area contributed by atoms with E-state index in [1.165, 1.54) is 43.3 Å². The molecule has 26 heavy (non-hydrogen) atoms. The van der Waals surface area contributed by atoms with Gasteiger partial charge in [-0.1, -0.05) is 24.3 Å². The van der Waals surface area contributed by atoms with Crippen molar-refractivity contribution in [2.75, 3.05) is 5.32 Å². The van der Waals surface area contributed by atoms with E-state index in [9.17, 15) is 23.9 Å². The Balaban J connectivity index is 1.84.